The molecule has 1 saturated carbocycles. The van der Waals surface area contributed by atoms with E-state index in [1.165, 1.54) is 6.42 Å². The molecule has 1 aromatic heterocycles. The van der Waals surface area contributed by atoms with Gasteiger partial charge in [-0.3, -0.25) is 10.1 Å². The average molecular weight is 456 g/mol. The summed E-state index contributed by atoms with van der Waals surface area (Å²) in [5.41, 5.74) is 8.24. The highest BCUT2D eigenvalue weighted by Gasteiger charge is 2.21. The third-order valence-corrected chi connectivity index (χ3v) is 7.42. The van der Waals surface area contributed by atoms with E-state index in [1.54, 1.807) is 36.4 Å². The minimum absolute atomic E-state index is 0.0112. The van der Waals surface area contributed by atoms with Gasteiger partial charge in [0.15, 0.2) is 0 Å². The van der Waals surface area contributed by atoms with Crippen LogP contribution < -0.4 is 15.2 Å². The highest BCUT2D eigenvalue weighted by Crippen LogP contribution is 2.26. The van der Waals surface area contributed by atoms with Crippen molar-refractivity contribution in [1.82, 2.24) is 9.55 Å². The molecule has 1 fully saturated rings. The molecule has 4 N–H and O–H groups in total. The predicted octanol–water partition coefficient (Wildman–Crippen LogP) is 3.76. The lowest BCUT2D eigenvalue weighted by Crippen LogP contribution is -2.24. The van der Waals surface area contributed by atoms with E-state index in [-0.39, 0.29) is 24.1 Å². The molecule has 8 nitrogen and oxygen atoms in total. The Hall–Kier alpha value is -3.07. The normalized spacial score (nSPS) is 15.0. The fourth-order valence-corrected chi connectivity index (χ4v) is 5.73. The number of anilines is 1. The summed E-state index contributed by atoms with van der Waals surface area (Å²) in [6, 6.07) is 12.4. The van der Waals surface area contributed by atoms with Crippen LogP contribution in [0.15, 0.2) is 42.5 Å². The molecular formula is C23H29N5O3S. The van der Waals surface area contributed by atoms with Gasteiger partial charge in [0.1, 0.15) is 24.0 Å². The second-order valence-electron chi connectivity index (χ2n) is 8.40. The van der Waals surface area contributed by atoms with Crippen LogP contribution in [0.3, 0.4) is 0 Å². The molecule has 0 radical (unpaired) electrons. The quantitative estimate of drug-likeness (QED) is 0.352. The van der Waals surface area contributed by atoms with Gasteiger partial charge in [-0.25, -0.2) is 13.4 Å². The lowest BCUT2D eigenvalue weighted by Gasteiger charge is -2.21. The van der Waals surface area contributed by atoms with Crippen LogP contribution in [0, 0.1) is 11.3 Å². The van der Waals surface area contributed by atoms with Gasteiger partial charge in [0.2, 0.25) is 10.0 Å². The zero-order valence-corrected chi connectivity index (χ0v) is 19.0. The first-order valence-electron chi connectivity index (χ1n) is 10.8. The first-order chi connectivity index (χ1) is 15.3. The second kappa shape index (κ2) is 9.20. The van der Waals surface area contributed by atoms with Crippen LogP contribution in [-0.4, -0.2) is 29.6 Å². The molecule has 2 aromatic carbocycles. The smallest absolute Gasteiger partial charge is 0.232 e. The summed E-state index contributed by atoms with van der Waals surface area (Å²) in [7, 11) is -1.49. The van der Waals surface area contributed by atoms with E-state index in [1.807, 2.05) is 17.7 Å². The number of fused-ring (bicyclic) bond motifs is 1. The minimum Gasteiger partial charge on any atom is -0.486 e. The van der Waals surface area contributed by atoms with Gasteiger partial charge in [0.25, 0.3) is 0 Å². The molecule has 4 rings (SSSR count). The molecule has 0 aliphatic heterocycles. The van der Waals surface area contributed by atoms with Crippen molar-refractivity contribution in [2.24, 2.45) is 18.7 Å². The number of hydrogen-bond acceptors (Lipinski definition) is 5. The number of aromatic nitrogens is 2. The average Bonchev–Trinajstić information content (AvgIpc) is 3.07. The molecule has 9 heteroatoms. The number of nitrogen functional groups attached to an aromatic ring is 1. The number of nitrogens with zero attached hydrogens (tertiary/aromatic N) is 2. The van der Waals surface area contributed by atoms with Crippen molar-refractivity contribution in [3.8, 4) is 5.75 Å². The highest BCUT2D eigenvalue weighted by molar-refractivity contribution is 7.92. The molecular weight excluding hydrogens is 426 g/mol. The van der Waals surface area contributed by atoms with Crippen LogP contribution in [0.2, 0.25) is 0 Å². The summed E-state index contributed by atoms with van der Waals surface area (Å²) in [6.45, 7) is 0.257. The Balaban J connectivity index is 1.44. The number of imidazole rings is 1. The van der Waals surface area contributed by atoms with E-state index in [0.29, 0.717) is 22.5 Å². The molecule has 0 bridgehead atoms. The van der Waals surface area contributed by atoms with E-state index in [9.17, 15) is 8.42 Å². The van der Waals surface area contributed by atoms with Crippen molar-refractivity contribution >= 4 is 32.6 Å². The summed E-state index contributed by atoms with van der Waals surface area (Å²) in [6.07, 6.45) is 5.41. The number of amidine groups is 1. The first kappa shape index (κ1) is 22.1. The van der Waals surface area contributed by atoms with Gasteiger partial charge in [0, 0.05) is 12.6 Å². The lowest BCUT2D eigenvalue weighted by molar-refractivity contribution is 0.292. The fourth-order valence-electron chi connectivity index (χ4n) is 4.21. The second-order valence-corrected chi connectivity index (χ2v) is 10.2. The highest BCUT2D eigenvalue weighted by atomic mass is 32.2. The van der Waals surface area contributed by atoms with Crippen LogP contribution in [0.25, 0.3) is 11.0 Å². The first-order valence-corrected chi connectivity index (χ1v) is 12.5. The van der Waals surface area contributed by atoms with Crippen LogP contribution >= 0.6 is 0 Å². The number of nitrogens with one attached hydrogen (secondary N) is 2. The zero-order chi connectivity index (χ0) is 22.7. The van der Waals surface area contributed by atoms with E-state index in [2.05, 4.69) is 9.71 Å². The minimum atomic E-state index is -3.40. The van der Waals surface area contributed by atoms with Crippen LogP contribution in [0.5, 0.6) is 5.75 Å². The molecule has 0 spiro atoms. The molecule has 170 valence electrons. The van der Waals surface area contributed by atoms with Gasteiger partial charge < -0.3 is 15.0 Å². The zero-order valence-electron chi connectivity index (χ0n) is 18.2. The van der Waals surface area contributed by atoms with Crippen molar-refractivity contribution in [1.29, 1.82) is 5.41 Å². The monoisotopic (exact) mass is 455 g/mol. The Bertz CT molecular complexity index is 1210. The Morgan fingerprint density at radius 1 is 1.19 bits per heavy atom. The number of hydrogen-bond donors (Lipinski definition) is 3. The van der Waals surface area contributed by atoms with Crippen molar-refractivity contribution < 1.29 is 13.2 Å². The number of ether oxygens (including phenoxy) is 1. The Morgan fingerprint density at radius 3 is 2.59 bits per heavy atom. The van der Waals surface area contributed by atoms with Gasteiger partial charge in [-0.1, -0.05) is 19.3 Å². The van der Waals surface area contributed by atoms with E-state index < -0.39 is 10.0 Å². The SMILES string of the molecule is Cn1c(COc2ccc(C(=N)N)cc2)nc2cc(NS(=O)(=O)CC3CCCCC3)ccc21. The molecule has 1 heterocycles. The summed E-state index contributed by atoms with van der Waals surface area (Å²) in [5, 5.41) is 7.45. The summed E-state index contributed by atoms with van der Waals surface area (Å²) < 4.78 is 35.7. The number of rotatable bonds is 8. The molecule has 0 unspecified atom stereocenters. The molecule has 0 amide bonds. The molecule has 32 heavy (non-hydrogen) atoms. The van der Waals surface area contributed by atoms with Crippen LogP contribution in [0.1, 0.15) is 43.5 Å². The van der Waals surface area contributed by atoms with Crippen molar-refractivity contribution in [3.05, 3.63) is 53.9 Å². The molecule has 0 saturated heterocycles. The summed E-state index contributed by atoms with van der Waals surface area (Å²) in [4.78, 5) is 4.63. The van der Waals surface area contributed by atoms with Gasteiger partial charge in [-0.05, 0) is 61.2 Å². The van der Waals surface area contributed by atoms with Crippen molar-refractivity contribution in [2.45, 2.75) is 38.7 Å². The summed E-state index contributed by atoms with van der Waals surface area (Å²) in [5.74, 6) is 1.80. The maximum atomic E-state index is 12.6. The molecule has 3 aromatic rings. The Labute approximate surface area is 188 Å². The molecule has 1 aliphatic carbocycles. The topological polar surface area (TPSA) is 123 Å². The largest absolute Gasteiger partial charge is 0.486 e. The third-order valence-electron chi connectivity index (χ3n) is 5.96. The Morgan fingerprint density at radius 2 is 1.91 bits per heavy atom. The van der Waals surface area contributed by atoms with Gasteiger partial charge in [0.05, 0.1) is 22.5 Å². The van der Waals surface area contributed by atoms with Gasteiger partial charge in [-0.15, -0.1) is 0 Å². The van der Waals surface area contributed by atoms with Crippen LogP contribution in [0.4, 0.5) is 5.69 Å². The number of sulfonamides is 1. The molecule has 1 aliphatic rings. The van der Waals surface area contributed by atoms with Crippen LogP contribution in [-0.2, 0) is 23.7 Å². The van der Waals surface area contributed by atoms with E-state index >= 15 is 0 Å². The predicted molar refractivity (Wildman–Crippen MR) is 126 cm³/mol. The van der Waals surface area contributed by atoms with Crippen molar-refractivity contribution in [2.75, 3.05) is 10.5 Å². The van der Waals surface area contributed by atoms with Crippen molar-refractivity contribution in [3.63, 3.8) is 0 Å². The number of benzene rings is 2. The van der Waals surface area contributed by atoms with E-state index in [0.717, 1.165) is 37.0 Å². The van der Waals surface area contributed by atoms with Gasteiger partial charge in [-0.2, -0.15) is 0 Å². The number of nitrogens with two attached hydrogens (primary N) is 1. The maximum absolute atomic E-state index is 12.6. The standard InChI is InChI=1S/C23H29N5O3S/c1-28-21-12-9-18(27-32(29,30)15-16-5-3-2-4-6-16)13-20(21)26-22(28)14-31-19-10-7-17(8-11-19)23(24)25/h7-13,16,27H,2-6,14-15H2,1H3,(H3,24,25). The number of aryl methyl sites for hydroxylation is 1. The fraction of sp³-hybridized carbons (Fsp3) is 0.391. The maximum Gasteiger partial charge on any atom is 0.232 e. The lowest BCUT2D eigenvalue weighted by atomic mass is 9.91. The molecule has 0 atom stereocenters. The Kier molecular flexibility index (Phi) is 6.36. The van der Waals surface area contributed by atoms with Gasteiger partial charge >= 0.3 is 0 Å². The van der Waals surface area contributed by atoms with E-state index in [4.69, 9.17) is 15.9 Å². The third kappa shape index (κ3) is 5.21. The summed E-state index contributed by atoms with van der Waals surface area (Å²) >= 11 is 0.